The van der Waals surface area contributed by atoms with Gasteiger partial charge in [-0.3, -0.25) is 9.36 Å². The number of nitrogens with zero attached hydrogens (tertiary/aromatic N) is 2. The van der Waals surface area contributed by atoms with Crippen molar-refractivity contribution in [2.75, 3.05) is 0 Å². The number of hydrogen-bond donors (Lipinski definition) is 0. The molecule has 43 heavy (non-hydrogen) atoms. The topological polar surface area (TPSA) is 93.1 Å². The summed E-state index contributed by atoms with van der Waals surface area (Å²) in [5.41, 5.74) is -7.22. The van der Waals surface area contributed by atoms with E-state index in [2.05, 4.69) is 0 Å². The zero-order valence-electron chi connectivity index (χ0n) is 21.9. The van der Waals surface area contributed by atoms with Gasteiger partial charge in [0.2, 0.25) is 0 Å². The van der Waals surface area contributed by atoms with Crippen molar-refractivity contribution in [1.29, 1.82) is 5.26 Å². The van der Waals surface area contributed by atoms with Gasteiger partial charge in [0.15, 0.2) is 15.6 Å². The van der Waals surface area contributed by atoms with E-state index in [0.29, 0.717) is 28.8 Å². The number of nitriles is 1. The fourth-order valence-electron chi connectivity index (χ4n) is 4.13. The Bertz CT molecular complexity index is 1930. The van der Waals surface area contributed by atoms with Crippen LogP contribution in [0.5, 0.6) is 0 Å². The van der Waals surface area contributed by atoms with Gasteiger partial charge in [-0.15, -0.1) is 0 Å². The third kappa shape index (κ3) is 6.19. The largest absolute Gasteiger partial charge is 0.455 e. The van der Waals surface area contributed by atoms with Crippen molar-refractivity contribution < 1.29 is 48.0 Å². The van der Waals surface area contributed by atoms with Gasteiger partial charge in [0, 0.05) is 17.2 Å². The first-order valence-electron chi connectivity index (χ1n) is 12.1. The summed E-state index contributed by atoms with van der Waals surface area (Å²) in [5, 5.41) is 8.23. The average molecular weight is 631 g/mol. The molecule has 0 fully saturated rings. The van der Waals surface area contributed by atoms with Gasteiger partial charge in [0.25, 0.3) is 5.56 Å². The first kappa shape index (κ1) is 31.5. The first-order valence-corrected chi connectivity index (χ1v) is 13.6. The van der Waals surface area contributed by atoms with E-state index < -0.39 is 95.5 Å². The van der Waals surface area contributed by atoms with E-state index in [4.69, 9.17) is 4.42 Å². The zero-order chi connectivity index (χ0) is 32.1. The highest BCUT2D eigenvalue weighted by Gasteiger charge is 2.37. The number of halogens is 8. The monoisotopic (exact) mass is 630 g/mol. The van der Waals surface area contributed by atoms with E-state index in [1.165, 1.54) is 19.9 Å². The lowest BCUT2D eigenvalue weighted by Crippen LogP contribution is -2.29. The second-order valence-corrected chi connectivity index (χ2v) is 12.1. The number of furan rings is 1. The number of rotatable bonds is 6. The van der Waals surface area contributed by atoms with Crippen molar-refractivity contribution in [2.45, 2.75) is 42.9 Å². The van der Waals surface area contributed by atoms with Gasteiger partial charge in [-0.2, -0.15) is 31.6 Å². The number of pyridine rings is 1. The molecule has 15 heteroatoms. The second kappa shape index (κ2) is 11.0. The van der Waals surface area contributed by atoms with Crippen LogP contribution in [-0.4, -0.2) is 18.2 Å². The van der Waals surface area contributed by atoms with Crippen LogP contribution < -0.4 is 5.56 Å². The van der Waals surface area contributed by atoms with Gasteiger partial charge < -0.3 is 4.42 Å². The van der Waals surface area contributed by atoms with E-state index in [1.54, 1.807) is 0 Å². The highest BCUT2D eigenvalue weighted by Crippen LogP contribution is 2.38. The molecule has 4 rings (SSSR count). The summed E-state index contributed by atoms with van der Waals surface area (Å²) in [6.45, 7) is 1.72. The number of aromatic nitrogens is 1. The predicted molar refractivity (Wildman–Crippen MR) is 136 cm³/mol. The van der Waals surface area contributed by atoms with Crippen LogP contribution in [0.4, 0.5) is 35.1 Å². The Morgan fingerprint density at radius 2 is 1.56 bits per heavy atom. The fourth-order valence-corrected chi connectivity index (χ4v) is 5.26. The van der Waals surface area contributed by atoms with Gasteiger partial charge in [0.05, 0.1) is 33.5 Å². The maximum atomic E-state index is 14.4. The van der Waals surface area contributed by atoms with E-state index in [0.717, 1.165) is 30.3 Å². The maximum Gasteiger partial charge on any atom is 0.417 e. The molecule has 0 saturated heterocycles. The number of hydrogen-bond acceptors (Lipinski definition) is 5. The van der Waals surface area contributed by atoms with E-state index in [9.17, 15) is 53.6 Å². The molecule has 0 bridgehead atoms. The molecule has 4 aromatic rings. The highest BCUT2D eigenvalue weighted by atomic mass is 32.2. The Labute approximate surface area is 238 Å². The summed E-state index contributed by atoms with van der Waals surface area (Å²) in [4.78, 5) is 12.4. The number of benzene rings is 2. The van der Waals surface area contributed by atoms with Crippen LogP contribution in [-0.2, 0) is 28.7 Å². The Kier molecular flexibility index (Phi) is 8.05. The molecule has 0 spiro atoms. The van der Waals surface area contributed by atoms with Crippen LogP contribution >= 0.6 is 0 Å². The normalized spacial score (nSPS) is 12.5. The molecule has 2 aromatic heterocycles. The fraction of sp³-hybridized carbons (Fsp3) is 0.214. The molecule has 6 nitrogen and oxygen atoms in total. The third-order valence-electron chi connectivity index (χ3n) is 6.39. The molecule has 2 aromatic carbocycles. The van der Waals surface area contributed by atoms with E-state index >= 15 is 0 Å². The summed E-state index contributed by atoms with van der Waals surface area (Å²) in [5.74, 6) is -3.06. The maximum absolute atomic E-state index is 14.4. The van der Waals surface area contributed by atoms with Gasteiger partial charge in [-0.05, 0) is 56.3 Å². The Balaban J connectivity index is 1.97. The Hall–Kier alpha value is -4.45. The molecule has 0 aliphatic rings. The molecule has 0 atom stereocenters. The van der Waals surface area contributed by atoms with Crippen molar-refractivity contribution in [3.63, 3.8) is 0 Å². The third-order valence-corrected chi connectivity index (χ3v) is 8.52. The van der Waals surface area contributed by atoms with Gasteiger partial charge in [0.1, 0.15) is 29.0 Å². The summed E-state index contributed by atoms with van der Waals surface area (Å²) < 4.78 is 142. The Morgan fingerprint density at radius 1 is 0.907 bits per heavy atom. The van der Waals surface area contributed by atoms with Crippen LogP contribution in [0, 0.1) is 23.0 Å². The predicted octanol–water partition coefficient (Wildman–Crippen LogP) is 7.19. The van der Waals surface area contributed by atoms with Gasteiger partial charge in [-0.25, -0.2) is 17.2 Å². The molecule has 0 radical (unpaired) electrons. The van der Waals surface area contributed by atoms with Crippen molar-refractivity contribution in [2.24, 2.45) is 0 Å². The van der Waals surface area contributed by atoms with Gasteiger partial charge >= 0.3 is 12.4 Å². The van der Waals surface area contributed by atoms with Crippen LogP contribution in [0.1, 0.15) is 36.1 Å². The first-order chi connectivity index (χ1) is 19.8. The lowest BCUT2D eigenvalue weighted by Gasteiger charge is -2.17. The number of alkyl halides is 6. The van der Waals surface area contributed by atoms with Crippen molar-refractivity contribution in [3.05, 3.63) is 98.8 Å². The minimum absolute atomic E-state index is 0.346. The summed E-state index contributed by atoms with van der Waals surface area (Å²) in [6.07, 6.45) is -10.2. The lowest BCUT2D eigenvalue weighted by atomic mass is 10.1. The summed E-state index contributed by atoms with van der Waals surface area (Å²) in [6, 6.07) is 7.74. The SMILES string of the molecule is CC(C)S(=O)(=O)c1cc(-c2ccc(-c3cc(C(F)(F)F)c(C#N)c(=O)n3Cc3ccc(F)cc3F)o2)cc(C(F)(F)F)c1. The second-order valence-electron chi connectivity index (χ2n) is 9.56. The quantitative estimate of drug-likeness (QED) is 0.210. The zero-order valence-corrected chi connectivity index (χ0v) is 22.8. The van der Waals surface area contributed by atoms with Crippen LogP contribution in [0.25, 0.3) is 22.8 Å². The Morgan fingerprint density at radius 3 is 2.12 bits per heavy atom. The molecule has 2 heterocycles. The standard InChI is InChI=1S/C28H18F8N2O4S/c1-14(2)43(40,41)19-8-16(7-17(9-19)27(31,32)33)24-5-6-25(42-24)23-11-21(28(34,35)36)20(12-37)26(39)38(23)13-15-3-4-18(29)10-22(15)30/h3-11,14H,13H2,1-2H3. The lowest BCUT2D eigenvalue weighted by molar-refractivity contribution is -0.138. The van der Waals surface area contributed by atoms with Crippen LogP contribution in [0.2, 0.25) is 0 Å². The van der Waals surface area contributed by atoms with Gasteiger partial charge in [-0.1, -0.05) is 6.07 Å². The minimum atomic E-state index is -5.21. The molecule has 226 valence electrons. The van der Waals surface area contributed by atoms with Crippen LogP contribution in [0.3, 0.4) is 0 Å². The molecule has 0 saturated carbocycles. The summed E-state index contributed by atoms with van der Waals surface area (Å²) >= 11 is 0. The van der Waals surface area contributed by atoms with E-state index in [1.807, 2.05) is 0 Å². The number of sulfone groups is 1. The molecule has 0 aliphatic carbocycles. The molecule has 0 amide bonds. The molecule has 0 aliphatic heterocycles. The van der Waals surface area contributed by atoms with Crippen molar-refractivity contribution >= 4 is 9.84 Å². The smallest absolute Gasteiger partial charge is 0.417 e. The van der Waals surface area contributed by atoms with Crippen LogP contribution in [0.15, 0.2) is 68.7 Å². The van der Waals surface area contributed by atoms with Crippen molar-refractivity contribution in [1.82, 2.24) is 4.57 Å². The molecular weight excluding hydrogens is 612 g/mol. The molecule has 0 N–H and O–H groups in total. The minimum Gasteiger partial charge on any atom is -0.455 e. The summed E-state index contributed by atoms with van der Waals surface area (Å²) in [7, 11) is -4.22. The highest BCUT2D eigenvalue weighted by molar-refractivity contribution is 7.92. The van der Waals surface area contributed by atoms with E-state index in [-0.39, 0.29) is 5.56 Å². The average Bonchev–Trinajstić information content (AvgIpc) is 3.39. The van der Waals surface area contributed by atoms with Crippen molar-refractivity contribution in [3.8, 4) is 28.8 Å². The molecule has 0 unspecified atom stereocenters. The molecular formula is C28H18F8N2O4S.